The molecule has 5 atom stereocenters. The molecule has 0 spiro atoms. The maximum atomic E-state index is 11.6. The Labute approximate surface area is 299 Å². The van der Waals surface area contributed by atoms with Gasteiger partial charge in [0, 0.05) is 41.3 Å². The Morgan fingerprint density at radius 3 is 2.48 bits per heavy atom. The van der Waals surface area contributed by atoms with Crippen LogP contribution in [0.2, 0.25) is 5.02 Å². The van der Waals surface area contributed by atoms with Crippen molar-refractivity contribution in [2.24, 2.45) is 17.8 Å². The van der Waals surface area contributed by atoms with Gasteiger partial charge < -0.3 is 24.0 Å². The molecule has 0 radical (unpaired) electrons. The number of aldehydes is 1. The summed E-state index contributed by atoms with van der Waals surface area (Å²) in [4.78, 5) is 16.3. The number of hydrogen-bond donors (Lipinski definition) is 1. The van der Waals surface area contributed by atoms with Gasteiger partial charge in [-0.05, 0) is 106 Å². The van der Waals surface area contributed by atoms with E-state index in [1.54, 1.807) is 11.9 Å². The summed E-state index contributed by atoms with van der Waals surface area (Å²) in [6, 6.07) is 12.4. The molecule has 0 bridgehead atoms. The minimum atomic E-state index is -0.112. The number of nitrogens with zero attached hydrogens (tertiary/aromatic N) is 2. The number of carbonyl (C=O) groups is 1. The summed E-state index contributed by atoms with van der Waals surface area (Å²) in [5.41, 5.74) is 4.32. The van der Waals surface area contributed by atoms with Crippen LogP contribution in [-0.4, -0.2) is 82.8 Å². The molecule has 1 saturated carbocycles. The van der Waals surface area contributed by atoms with E-state index in [0.29, 0.717) is 35.3 Å². The van der Waals surface area contributed by atoms with E-state index in [1.165, 1.54) is 24.0 Å². The summed E-state index contributed by atoms with van der Waals surface area (Å²) in [5.74, 6) is 2.92. The Morgan fingerprint density at radius 2 is 1.85 bits per heavy atom. The van der Waals surface area contributed by atoms with Crippen LogP contribution in [0, 0.1) is 17.8 Å². The summed E-state index contributed by atoms with van der Waals surface area (Å²) in [6.45, 7) is 14.2. The molecule has 0 aromatic heterocycles. The molecule has 2 heterocycles. The van der Waals surface area contributed by atoms with Gasteiger partial charge in [0.15, 0.2) is 6.29 Å². The van der Waals surface area contributed by atoms with Crippen LogP contribution in [0.3, 0.4) is 0 Å². The second-order valence-corrected chi connectivity index (χ2v) is 15.8. The van der Waals surface area contributed by atoms with Crippen molar-refractivity contribution in [1.82, 2.24) is 9.62 Å². The monoisotopic (exact) mass is 699 g/mol. The van der Waals surface area contributed by atoms with Gasteiger partial charge in [-0.1, -0.05) is 62.9 Å². The predicted octanol–water partition coefficient (Wildman–Crippen LogP) is 8.26. The standard InChI is InChI=1S/C31H41ClN2O4.C8H17NS/c1-4-5-23-13-26(32)9-10-28(23)25-16-34(29-12-21(17-35)6-11-30(29)36-18-25)15-24-8-7-22(24)14-31-37-19-27(20-38-31)33(2)3;1-5-6-7(2)8(3)10-9-4/h6,9-13,17,22,24-25,27,31H,4-5,7-8,14-16,18-20H2,1-3H3;5,7-9H,1,6H2,2-4H3. The fraction of sp³-hybridized carbons (Fsp3) is 0.615. The third-order valence-corrected chi connectivity index (χ3v) is 11.6. The van der Waals surface area contributed by atoms with Crippen LogP contribution < -0.4 is 14.4 Å². The molecule has 7 nitrogen and oxygen atoms in total. The van der Waals surface area contributed by atoms with E-state index < -0.39 is 0 Å². The Kier molecular flexibility index (Phi) is 15.6. The summed E-state index contributed by atoms with van der Waals surface area (Å²) >= 11 is 8.16. The van der Waals surface area contributed by atoms with Crippen LogP contribution in [-0.2, 0) is 15.9 Å². The van der Waals surface area contributed by atoms with Gasteiger partial charge in [0.1, 0.15) is 12.0 Å². The molecule has 2 aromatic rings. The number of nitrogens with one attached hydrogen (secondary N) is 1. The van der Waals surface area contributed by atoms with Gasteiger partial charge in [0.05, 0.1) is 31.5 Å². The summed E-state index contributed by atoms with van der Waals surface area (Å²) < 4.78 is 21.6. The second-order valence-electron chi connectivity index (χ2n) is 13.9. The first-order valence-electron chi connectivity index (χ1n) is 17.7. The topological polar surface area (TPSA) is 63.3 Å². The van der Waals surface area contributed by atoms with Crippen LogP contribution in [0.1, 0.15) is 80.3 Å². The third kappa shape index (κ3) is 10.7. The van der Waals surface area contributed by atoms with Gasteiger partial charge in [-0.15, -0.1) is 6.58 Å². The number of aryl methyl sites for hydroxylation is 1. The number of ether oxygens (including phenoxy) is 3. The smallest absolute Gasteiger partial charge is 0.158 e. The average Bonchev–Trinajstić information content (AvgIpc) is 3.25. The summed E-state index contributed by atoms with van der Waals surface area (Å²) in [5, 5.41) is 1.45. The largest absolute Gasteiger partial charge is 0.491 e. The average molecular weight is 700 g/mol. The zero-order valence-electron chi connectivity index (χ0n) is 30.0. The third-order valence-electron chi connectivity index (χ3n) is 10.3. The molecular weight excluding hydrogens is 642 g/mol. The number of benzene rings is 2. The SMILES string of the molecule is C=CCC(C)C(C)SNC.CCCc1cc(Cl)ccc1C1COc2ccc(C=O)cc2N(CC2CCC2CC2OCC(N(C)C)CO2)C1. The number of rotatable bonds is 14. The Balaban J connectivity index is 0.000000453. The lowest BCUT2D eigenvalue weighted by Gasteiger charge is -2.43. The van der Waals surface area contributed by atoms with Crippen molar-refractivity contribution in [2.75, 3.05) is 59.0 Å². The number of allylic oxidation sites excluding steroid dienone is 1. The number of halogens is 1. The molecule has 0 amide bonds. The van der Waals surface area contributed by atoms with Crippen molar-refractivity contribution in [3.63, 3.8) is 0 Å². The highest BCUT2D eigenvalue weighted by Crippen LogP contribution is 2.43. The molecule has 266 valence electrons. The molecule has 2 aromatic carbocycles. The van der Waals surface area contributed by atoms with Crippen molar-refractivity contribution in [1.29, 1.82) is 0 Å². The van der Waals surface area contributed by atoms with E-state index in [2.05, 4.69) is 68.1 Å². The molecule has 5 unspecified atom stereocenters. The summed E-state index contributed by atoms with van der Waals surface area (Å²) in [7, 11) is 6.10. The van der Waals surface area contributed by atoms with Gasteiger partial charge in [0.25, 0.3) is 0 Å². The first kappa shape index (κ1) is 38.7. The van der Waals surface area contributed by atoms with Gasteiger partial charge >= 0.3 is 0 Å². The molecule has 1 saturated heterocycles. The molecule has 1 N–H and O–H groups in total. The first-order chi connectivity index (χ1) is 23.2. The number of anilines is 1. The number of fused-ring (bicyclic) bond motifs is 1. The van der Waals surface area contributed by atoms with Crippen molar-refractivity contribution in [2.45, 2.75) is 82.8 Å². The quantitative estimate of drug-likeness (QED) is 0.120. The van der Waals surface area contributed by atoms with Crippen LogP contribution >= 0.6 is 23.5 Å². The molecule has 3 aliphatic rings. The maximum Gasteiger partial charge on any atom is 0.158 e. The van der Waals surface area contributed by atoms with Crippen molar-refractivity contribution in [3.8, 4) is 5.75 Å². The van der Waals surface area contributed by atoms with E-state index in [0.717, 1.165) is 80.7 Å². The van der Waals surface area contributed by atoms with E-state index in [1.807, 2.05) is 37.4 Å². The zero-order chi connectivity index (χ0) is 34.6. The number of hydrogen-bond acceptors (Lipinski definition) is 8. The zero-order valence-corrected chi connectivity index (χ0v) is 31.5. The Bertz CT molecular complexity index is 1300. The molecule has 5 rings (SSSR count). The van der Waals surface area contributed by atoms with Crippen LogP contribution in [0.5, 0.6) is 5.75 Å². The van der Waals surface area contributed by atoms with Gasteiger partial charge in [-0.25, -0.2) is 0 Å². The van der Waals surface area contributed by atoms with Gasteiger partial charge in [-0.3, -0.25) is 9.52 Å². The van der Waals surface area contributed by atoms with Gasteiger partial charge in [0.2, 0.25) is 0 Å². The van der Waals surface area contributed by atoms with Crippen molar-refractivity contribution in [3.05, 3.63) is 70.8 Å². The van der Waals surface area contributed by atoms with Gasteiger partial charge in [-0.2, -0.15) is 0 Å². The number of carbonyl (C=O) groups excluding carboxylic acids is 1. The molecule has 48 heavy (non-hydrogen) atoms. The van der Waals surface area contributed by atoms with Crippen LogP contribution in [0.4, 0.5) is 5.69 Å². The van der Waals surface area contributed by atoms with Crippen molar-refractivity contribution < 1.29 is 19.0 Å². The van der Waals surface area contributed by atoms with Crippen molar-refractivity contribution >= 4 is 35.5 Å². The fourth-order valence-electron chi connectivity index (χ4n) is 6.85. The maximum absolute atomic E-state index is 11.6. The molecule has 1 aliphatic carbocycles. The Morgan fingerprint density at radius 1 is 1.10 bits per heavy atom. The minimum absolute atomic E-state index is 0.112. The molecule has 9 heteroatoms. The summed E-state index contributed by atoms with van der Waals surface area (Å²) in [6.07, 6.45) is 9.31. The highest BCUT2D eigenvalue weighted by molar-refractivity contribution is 7.98. The van der Waals surface area contributed by atoms with Crippen LogP contribution in [0.25, 0.3) is 0 Å². The van der Waals surface area contributed by atoms with E-state index >= 15 is 0 Å². The second kappa shape index (κ2) is 19.4. The van der Waals surface area contributed by atoms with E-state index in [9.17, 15) is 4.79 Å². The lowest BCUT2D eigenvalue weighted by atomic mass is 9.71. The normalized spacial score (nSPS) is 25.0. The lowest BCUT2D eigenvalue weighted by Crippen LogP contribution is -2.46. The highest BCUT2D eigenvalue weighted by Gasteiger charge is 2.37. The van der Waals surface area contributed by atoms with E-state index in [-0.39, 0.29) is 12.2 Å². The molecular formula is C39H58ClN3O4S. The lowest BCUT2D eigenvalue weighted by molar-refractivity contribution is -0.212. The minimum Gasteiger partial charge on any atom is -0.491 e. The van der Waals surface area contributed by atoms with Crippen LogP contribution in [0.15, 0.2) is 49.1 Å². The molecule has 2 fully saturated rings. The fourth-order valence-corrected chi connectivity index (χ4v) is 7.76. The van der Waals surface area contributed by atoms with E-state index in [4.69, 9.17) is 25.8 Å². The Hall–Kier alpha value is -2.07. The molecule has 2 aliphatic heterocycles. The highest BCUT2D eigenvalue weighted by atomic mass is 35.5. The first-order valence-corrected chi connectivity index (χ1v) is 19.0. The number of likely N-dealkylation sites (N-methyl/N-ethyl adjacent to an activating group) is 1. The predicted molar refractivity (Wildman–Crippen MR) is 202 cm³/mol.